The van der Waals surface area contributed by atoms with Crippen LogP contribution in [0, 0.1) is 0 Å². The zero-order valence-corrected chi connectivity index (χ0v) is 63.8. The van der Waals surface area contributed by atoms with Crippen LogP contribution in [-0.2, 0) is 119 Å². The lowest BCUT2D eigenvalue weighted by Gasteiger charge is -2.29. The number of ether oxygens (including phenoxy) is 12. The Labute approximate surface area is 594 Å². The molecule has 8 rings (SSSR count). The molecular weight excluding hydrogens is 1260 g/mol. The first kappa shape index (κ1) is 77.7. The van der Waals surface area contributed by atoms with Gasteiger partial charge in [0.25, 0.3) is 0 Å². The van der Waals surface area contributed by atoms with Crippen LogP contribution in [0.2, 0.25) is 0 Å². The van der Waals surface area contributed by atoms with Gasteiger partial charge in [-0.3, -0.25) is 0 Å². The molecule has 0 aromatic heterocycles. The van der Waals surface area contributed by atoms with Crippen LogP contribution in [0.5, 0.6) is 34.5 Å². The third kappa shape index (κ3) is 19.9. The maximum Gasteiger partial charge on any atom is 0.343 e. The molecule has 10 bridgehead atoms. The van der Waals surface area contributed by atoms with Crippen LogP contribution in [0.3, 0.4) is 0 Å². The third-order valence-corrected chi connectivity index (χ3v) is 18.5. The molecule has 0 atom stereocenters. The van der Waals surface area contributed by atoms with Crippen LogP contribution in [0.4, 0.5) is 0 Å². The minimum Gasteiger partial charge on any atom is -0.491 e. The van der Waals surface area contributed by atoms with E-state index in [1.807, 2.05) is 0 Å². The highest BCUT2D eigenvalue weighted by molar-refractivity contribution is 5.73. The molecule has 0 saturated heterocycles. The van der Waals surface area contributed by atoms with E-state index in [1.165, 1.54) is 28.4 Å². The molecule has 6 aromatic rings. The summed E-state index contributed by atoms with van der Waals surface area (Å²) in [5, 5.41) is 0. The lowest BCUT2D eigenvalue weighted by Crippen LogP contribution is -2.20. The van der Waals surface area contributed by atoms with Gasteiger partial charge in [-0.2, -0.15) is 0 Å². The summed E-state index contributed by atoms with van der Waals surface area (Å²) in [5.41, 5.74) is 13.2. The summed E-state index contributed by atoms with van der Waals surface area (Å²) in [6, 6.07) is 26.2. The normalized spacial score (nSPS) is 14.4. The van der Waals surface area contributed by atoms with Crippen molar-refractivity contribution in [1.82, 2.24) is 0 Å². The number of esters is 4. The van der Waals surface area contributed by atoms with E-state index in [0.29, 0.717) is 34.5 Å². The van der Waals surface area contributed by atoms with E-state index in [-0.39, 0.29) is 78.2 Å². The van der Waals surface area contributed by atoms with E-state index >= 15 is 0 Å². The van der Waals surface area contributed by atoms with Gasteiger partial charge in [-0.25, -0.2) is 19.2 Å². The quantitative estimate of drug-likeness (QED) is 0.0640. The highest BCUT2D eigenvalue weighted by atomic mass is 16.6. The molecule has 0 spiro atoms. The average molecular weight is 1380 g/mol. The van der Waals surface area contributed by atoms with Gasteiger partial charge in [0.2, 0.25) is 0 Å². The molecule has 2 heterocycles. The van der Waals surface area contributed by atoms with Crippen molar-refractivity contribution < 1.29 is 76.0 Å². The van der Waals surface area contributed by atoms with E-state index in [4.69, 9.17) is 56.8 Å². The highest BCUT2D eigenvalue weighted by Gasteiger charge is 2.33. The summed E-state index contributed by atoms with van der Waals surface area (Å²) < 4.78 is 75.8. The van der Waals surface area contributed by atoms with Crippen molar-refractivity contribution >= 4 is 23.9 Å². The van der Waals surface area contributed by atoms with Crippen LogP contribution >= 0.6 is 0 Å². The molecule has 542 valence electrons. The Hall–Kier alpha value is -8.08. The van der Waals surface area contributed by atoms with E-state index in [0.717, 1.165) is 100 Å². The lowest BCUT2D eigenvalue weighted by atomic mass is 9.79. The molecule has 0 N–H and O–H groups in total. The Kier molecular flexibility index (Phi) is 24.7. The van der Waals surface area contributed by atoms with Gasteiger partial charge in [-0.05, 0) is 133 Å². The molecule has 0 amide bonds. The zero-order chi connectivity index (χ0) is 73.5. The first-order valence-corrected chi connectivity index (χ1v) is 35.0. The van der Waals surface area contributed by atoms with Crippen LogP contribution in [-0.4, -0.2) is 118 Å². The Bertz CT molecular complexity index is 3460. The summed E-state index contributed by atoms with van der Waals surface area (Å²) in [6.45, 7) is 39.0. The second-order valence-electron chi connectivity index (χ2n) is 32.7. The summed E-state index contributed by atoms with van der Waals surface area (Å²) >= 11 is 0. The van der Waals surface area contributed by atoms with Gasteiger partial charge in [0, 0.05) is 38.5 Å². The molecule has 2 aliphatic heterocycles. The van der Waals surface area contributed by atoms with Gasteiger partial charge < -0.3 is 56.8 Å². The largest absolute Gasteiger partial charge is 0.491 e. The van der Waals surface area contributed by atoms with Crippen molar-refractivity contribution in [2.24, 2.45) is 0 Å². The summed E-state index contributed by atoms with van der Waals surface area (Å²) in [5.74, 6) is 0.914. The molecule has 0 fully saturated rings. The van der Waals surface area contributed by atoms with Gasteiger partial charge in [0.1, 0.15) is 47.7 Å². The summed E-state index contributed by atoms with van der Waals surface area (Å²) in [4.78, 5) is 54.1. The van der Waals surface area contributed by atoms with Crippen molar-refractivity contribution in [3.63, 3.8) is 0 Å². The number of fused-ring (bicyclic) bond motifs is 17. The van der Waals surface area contributed by atoms with Crippen molar-refractivity contribution in [3.8, 4) is 34.5 Å². The van der Waals surface area contributed by atoms with Crippen molar-refractivity contribution in [2.75, 3.05) is 94.5 Å². The topological polar surface area (TPSA) is 179 Å². The molecule has 100 heavy (non-hydrogen) atoms. The molecule has 0 radical (unpaired) electrons. The molecule has 6 aromatic carbocycles. The Balaban J connectivity index is 1.64. The van der Waals surface area contributed by atoms with Crippen LogP contribution < -0.4 is 28.4 Å². The maximum absolute atomic E-state index is 13.5. The lowest BCUT2D eigenvalue weighted by molar-refractivity contribution is -0.143. The minimum absolute atomic E-state index is 0.160. The van der Waals surface area contributed by atoms with E-state index in [1.54, 1.807) is 0 Å². The maximum atomic E-state index is 13.5. The number of carbonyl (C=O) groups is 4. The summed E-state index contributed by atoms with van der Waals surface area (Å²) in [7, 11) is 5.39. The molecule has 0 saturated carbocycles. The standard InChI is InChI=1S/C84H110O16/c1-79(2,3)63-35-51-29-55-39-65(81(7,8)9)43-59(75(55)97-47-69(85)89-19)33-61-45-67(83(13,14)15)41-57(77(61)99-49-71(87)91-21)31-53-37-64(80(4,5)6)38-54-32-58-42-68(84(16,17)18)46-62(78(58)100-50-72(88)92-22)34-60-44-66(82(10,11)12)40-56(76(60)98-48-70(86)90-20)30-52(36-63)73(51)95-27-25-93-23-24-94-26-28-96-74(53)54/h35-46H,23-34,47-50H2,1-22H3. The molecule has 16 nitrogen and oxygen atoms in total. The number of benzene rings is 6. The fourth-order valence-corrected chi connectivity index (χ4v) is 12.5. The minimum atomic E-state index is -0.560. The number of hydrogen-bond donors (Lipinski definition) is 0. The smallest absolute Gasteiger partial charge is 0.343 e. The van der Waals surface area contributed by atoms with Gasteiger partial charge in [0.15, 0.2) is 26.4 Å². The average Bonchev–Trinajstić information content (AvgIpc) is 0.779. The second-order valence-corrected chi connectivity index (χ2v) is 32.7. The Morgan fingerprint density at radius 3 is 0.600 bits per heavy atom. The zero-order valence-electron chi connectivity index (χ0n) is 63.8. The predicted octanol–water partition coefficient (Wildman–Crippen LogP) is 15.3. The number of carbonyl (C=O) groups excluding carboxylic acids is 4. The van der Waals surface area contributed by atoms with Crippen molar-refractivity contribution in [3.05, 3.63) is 173 Å². The van der Waals surface area contributed by atoms with Crippen LogP contribution in [0.1, 0.15) is 225 Å². The number of rotatable bonds is 12. The Morgan fingerprint density at radius 2 is 0.430 bits per heavy atom. The number of hydrogen-bond acceptors (Lipinski definition) is 16. The highest BCUT2D eigenvalue weighted by Crippen LogP contribution is 2.47. The van der Waals surface area contributed by atoms with Crippen molar-refractivity contribution in [2.45, 2.75) is 196 Å². The van der Waals surface area contributed by atoms with Gasteiger partial charge in [-0.15, -0.1) is 0 Å². The first-order chi connectivity index (χ1) is 46.8. The van der Waals surface area contributed by atoms with Gasteiger partial charge >= 0.3 is 23.9 Å². The van der Waals surface area contributed by atoms with Crippen LogP contribution in [0.25, 0.3) is 0 Å². The van der Waals surface area contributed by atoms with Gasteiger partial charge in [-0.1, -0.05) is 197 Å². The predicted molar refractivity (Wildman–Crippen MR) is 390 cm³/mol. The van der Waals surface area contributed by atoms with Crippen LogP contribution in [0.15, 0.2) is 72.8 Å². The fraction of sp³-hybridized carbons (Fsp3) is 0.524. The molecular formula is C84H110O16. The molecule has 16 heteroatoms. The second kappa shape index (κ2) is 31.9. The number of methoxy groups -OCH3 is 4. The van der Waals surface area contributed by atoms with Crippen molar-refractivity contribution in [1.29, 1.82) is 0 Å². The third-order valence-electron chi connectivity index (χ3n) is 18.5. The SMILES string of the molecule is COC(=O)COc1c2cc(C(C)(C)C)cc1Cc1cc(C(C)(C)C)cc(c1OCC(=O)OC)Cc1cc(C(C)(C)C)cc3c1OCCOCCOCCOc1c(cc(C(C)(C)C)cc1Cc1cc(C(C)(C)C)cc(c1OCC(=O)OC)Cc1cc(C(C)(C)C)cc(c1OCC(=O)OC)C3)C2. The molecule has 0 unspecified atom stereocenters. The van der Waals surface area contributed by atoms with E-state index in [9.17, 15) is 19.2 Å². The monoisotopic (exact) mass is 1370 g/mol. The molecule has 2 aliphatic rings. The van der Waals surface area contributed by atoms with E-state index < -0.39 is 82.8 Å². The fourth-order valence-electron chi connectivity index (χ4n) is 12.5. The summed E-state index contributed by atoms with van der Waals surface area (Å²) in [6.07, 6.45) is 1.52. The first-order valence-electron chi connectivity index (χ1n) is 35.0. The van der Waals surface area contributed by atoms with Gasteiger partial charge in [0.05, 0.1) is 54.9 Å². The van der Waals surface area contributed by atoms with E-state index in [2.05, 4.69) is 197 Å². The Morgan fingerprint density at radius 1 is 0.270 bits per heavy atom. The molecule has 0 aliphatic carbocycles.